The van der Waals surface area contributed by atoms with Crippen molar-refractivity contribution in [2.75, 3.05) is 13.2 Å². The van der Waals surface area contributed by atoms with Gasteiger partial charge in [0, 0.05) is 0 Å². The summed E-state index contributed by atoms with van der Waals surface area (Å²) in [6.07, 6.45) is 0.106. The predicted molar refractivity (Wildman–Crippen MR) is 105 cm³/mol. The Morgan fingerprint density at radius 3 is 2.42 bits per heavy atom. The van der Waals surface area contributed by atoms with Crippen LogP contribution in [0.1, 0.15) is 35.6 Å². The Bertz CT molecular complexity index is 755. The number of carbonyl (C=O) groups is 1. The minimum absolute atomic E-state index is 0.116. The lowest BCUT2D eigenvalue weighted by Gasteiger charge is -2.18. The summed E-state index contributed by atoms with van der Waals surface area (Å²) in [7, 11) is 0. The molecule has 4 nitrogen and oxygen atoms in total. The van der Waals surface area contributed by atoms with E-state index in [1.54, 1.807) is 0 Å². The number of hydrogen-bond acceptors (Lipinski definition) is 3. The Morgan fingerprint density at radius 2 is 1.77 bits per heavy atom. The van der Waals surface area contributed by atoms with Gasteiger partial charge in [-0.3, -0.25) is 4.79 Å². The maximum absolute atomic E-state index is 12.4. The molecule has 0 bridgehead atoms. The third-order valence-corrected chi connectivity index (χ3v) is 4.41. The van der Waals surface area contributed by atoms with Crippen molar-refractivity contribution in [2.24, 2.45) is 0 Å². The molecule has 1 amide bonds. The fourth-order valence-electron chi connectivity index (χ4n) is 2.68. The molecule has 2 aromatic rings. The summed E-state index contributed by atoms with van der Waals surface area (Å²) in [6, 6.07) is 11.9. The molecule has 0 aliphatic carbocycles. The van der Waals surface area contributed by atoms with Gasteiger partial charge in [-0.2, -0.15) is 0 Å². The van der Waals surface area contributed by atoms with Gasteiger partial charge < -0.3 is 14.8 Å². The molecule has 0 fully saturated rings. The summed E-state index contributed by atoms with van der Waals surface area (Å²) in [5, 5.41) is 2.89. The van der Waals surface area contributed by atoms with Crippen LogP contribution in [0.5, 0.6) is 11.5 Å². The molecule has 140 valence electrons. The van der Waals surface area contributed by atoms with Crippen LogP contribution in [0.25, 0.3) is 0 Å². The first-order chi connectivity index (χ1) is 12.4. The molecule has 0 saturated carbocycles. The lowest BCUT2D eigenvalue weighted by Crippen LogP contribution is -2.39. The third-order valence-electron chi connectivity index (χ3n) is 4.41. The second kappa shape index (κ2) is 9.27. The summed E-state index contributed by atoms with van der Waals surface area (Å²) < 4.78 is 11.6. The summed E-state index contributed by atoms with van der Waals surface area (Å²) in [4.78, 5) is 12.4. The van der Waals surface area contributed by atoms with Crippen LogP contribution >= 0.6 is 0 Å². The molecule has 1 N–H and O–H groups in total. The number of carbonyl (C=O) groups excluding carboxylic acids is 1. The number of hydrogen-bond donors (Lipinski definition) is 1. The zero-order valence-corrected chi connectivity index (χ0v) is 16.4. The Balaban J connectivity index is 1.82. The van der Waals surface area contributed by atoms with E-state index in [1.807, 2.05) is 51.1 Å². The molecule has 26 heavy (non-hydrogen) atoms. The standard InChI is InChI=1S/C22H29NO3/c1-6-20(26-19-9-8-16(3)17(4)14-19)22(24)23-11-12-25-21-10-7-15(2)13-18(21)5/h7-10,13-14,20H,6,11-12H2,1-5H3,(H,23,24)/t20-/m0/s1. The van der Waals surface area contributed by atoms with E-state index in [2.05, 4.69) is 25.2 Å². The highest BCUT2D eigenvalue weighted by atomic mass is 16.5. The van der Waals surface area contributed by atoms with E-state index in [9.17, 15) is 4.79 Å². The van der Waals surface area contributed by atoms with Crippen molar-refractivity contribution >= 4 is 5.91 Å². The second-order valence-electron chi connectivity index (χ2n) is 6.67. The molecule has 0 aromatic heterocycles. The minimum atomic E-state index is -0.502. The van der Waals surface area contributed by atoms with Crippen molar-refractivity contribution in [1.82, 2.24) is 5.32 Å². The van der Waals surface area contributed by atoms with Gasteiger partial charge in [0.15, 0.2) is 6.10 Å². The number of nitrogens with one attached hydrogen (secondary N) is 1. The first-order valence-electron chi connectivity index (χ1n) is 9.12. The first-order valence-corrected chi connectivity index (χ1v) is 9.12. The van der Waals surface area contributed by atoms with Crippen molar-refractivity contribution in [3.63, 3.8) is 0 Å². The fourth-order valence-corrected chi connectivity index (χ4v) is 2.68. The van der Waals surface area contributed by atoms with E-state index >= 15 is 0 Å². The summed E-state index contributed by atoms with van der Waals surface area (Å²) in [5.41, 5.74) is 4.66. The molecule has 0 radical (unpaired) electrons. The van der Waals surface area contributed by atoms with Gasteiger partial charge in [0.2, 0.25) is 0 Å². The number of aryl methyl sites for hydroxylation is 4. The van der Waals surface area contributed by atoms with Gasteiger partial charge in [-0.1, -0.05) is 30.7 Å². The van der Waals surface area contributed by atoms with Crippen LogP contribution < -0.4 is 14.8 Å². The quantitative estimate of drug-likeness (QED) is 0.719. The van der Waals surface area contributed by atoms with Crippen LogP contribution in [0.15, 0.2) is 36.4 Å². The van der Waals surface area contributed by atoms with E-state index in [1.165, 1.54) is 11.1 Å². The van der Waals surface area contributed by atoms with Gasteiger partial charge in [0.1, 0.15) is 18.1 Å². The minimum Gasteiger partial charge on any atom is -0.491 e. The van der Waals surface area contributed by atoms with Crippen LogP contribution in [0.2, 0.25) is 0 Å². The third kappa shape index (κ3) is 5.51. The van der Waals surface area contributed by atoms with Crippen molar-refractivity contribution in [1.29, 1.82) is 0 Å². The number of amides is 1. The van der Waals surface area contributed by atoms with Gasteiger partial charge in [-0.15, -0.1) is 0 Å². The summed E-state index contributed by atoms with van der Waals surface area (Å²) in [6.45, 7) is 11.0. The van der Waals surface area contributed by atoms with E-state index in [0.29, 0.717) is 19.6 Å². The van der Waals surface area contributed by atoms with E-state index in [0.717, 1.165) is 22.6 Å². The summed E-state index contributed by atoms with van der Waals surface area (Å²) >= 11 is 0. The van der Waals surface area contributed by atoms with Crippen molar-refractivity contribution in [3.05, 3.63) is 58.7 Å². The molecule has 0 aliphatic rings. The maximum atomic E-state index is 12.4. The number of rotatable bonds is 8. The monoisotopic (exact) mass is 355 g/mol. The average Bonchev–Trinajstić information content (AvgIpc) is 2.60. The molecule has 0 heterocycles. The molecule has 1 atom stereocenters. The van der Waals surface area contributed by atoms with Crippen molar-refractivity contribution < 1.29 is 14.3 Å². The molecule has 0 spiro atoms. The van der Waals surface area contributed by atoms with Crippen LogP contribution in [-0.4, -0.2) is 25.2 Å². The smallest absolute Gasteiger partial charge is 0.261 e. The fraction of sp³-hybridized carbons (Fsp3) is 0.409. The maximum Gasteiger partial charge on any atom is 0.261 e. The van der Waals surface area contributed by atoms with Gasteiger partial charge >= 0.3 is 0 Å². The Labute approximate surface area is 156 Å². The highest BCUT2D eigenvalue weighted by molar-refractivity contribution is 5.81. The van der Waals surface area contributed by atoms with Gasteiger partial charge in [0.25, 0.3) is 5.91 Å². The highest BCUT2D eigenvalue weighted by Crippen LogP contribution is 2.19. The van der Waals surface area contributed by atoms with E-state index < -0.39 is 6.10 Å². The molecule has 4 heteroatoms. The average molecular weight is 355 g/mol. The topological polar surface area (TPSA) is 47.6 Å². The zero-order chi connectivity index (χ0) is 19.1. The van der Waals surface area contributed by atoms with E-state index in [4.69, 9.17) is 9.47 Å². The highest BCUT2D eigenvalue weighted by Gasteiger charge is 2.18. The lowest BCUT2D eigenvalue weighted by atomic mass is 10.1. The van der Waals surface area contributed by atoms with Gasteiger partial charge in [-0.25, -0.2) is 0 Å². The van der Waals surface area contributed by atoms with E-state index in [-0.39, 0.29) is 5.91 Å². The van der Waals surface area contributed by atoms with Gasteiger partial charge in [0.05, 0.1) is 6.54 Å². The van der Waals surface area contributed by atoms with Crippen LogP contribution in [0.3, 0.4) is 0 Å². The lowest BCUT2D eigenvalue weighted by molar-refractivity contribution is -0.128. The molecular weight excluding hydrogens is 326 g/mol. The first kappa shape index (κ1) is 19.8. The number of ether oxygens (including phenoxy) is 2. The number of benzene rings is 2. The largest absolute Gasteiger partial charge is 0.491 e. The van der Waals surface area contributed by atoms with Crippen LogP contribution in [0, 0.1) is 27.7 Å². The van der Waals surface area contributed by atoms with Crippen molar-refractivity contribution in [3.8, 4) is 11.5 Å². The Hall–Kier alpha value is -2.49. The molecule has 0 aliphatic heterocycles. The predicted octanol–water partition coefficient (Wildman–Crippen LogP) is 4.27. The molecule has 2 rings (SSSR count). The molecule has 2 aromatic carbocycles. The van der Waals surface area contributed by atoms with Crippen LogP contribution in [0.4, 0.5) is 0 Å². The normalized spacial score (nSPS) is 11.7. The Kier molecular flexibility index (Phi) is 7.07. The zero-order valence-electron chi connectivity index (χ0n) is 16.4. The second-order valence-corrected chi connectivity index (χ2v) is 6.67. The molecular formula is C22H29NO3. The molecule has 0 saturated heterocycles. The SMILES string of the molecule is CC[C@H](Oc1ccc(C)c(C)c1)C(=O)NCCOc1ccc(C)cc1C. The van der Waals surface area contributed by atoms with Crippen LogP contribution in [-0.2, 0) is 4.79 Å². The Morgan fingerprint density at radius 1 is 1.00 bits per heavy atom. The molecule has 0 unspecified atom stereocenters. The van der Waals surface area contributed by atoms with Gasteiger partial charge in [-0.05, 0) is 69.0 Å². The van der Waals surface area contributed by atoms with Crippen molar-refractivity contribution in [2.45, 2.75) is 47.1 Å². The summed E-state index contributed by atoms with van der Waals surface area (Å²) in [5.74, 6) is 1.46.